The van der Waals surface area contributed by atoms with Gasteiger partial charge >= 0.3 is 0 Å². The molecule has 0 saturated carbocycles. The van der Waals surface area contributed by atoms with Gasteiger partial charge in [-0.05, 0) is 25.5 Å². The van der Waals surface area contributed by atoms with Crippen molar-refractivity contribution in [2.45, 2.75) is 38.8 Å². The summed E-state index contributed by atoms with van der Waals surface area (Å²) >= 11 is 0. The second-order valence-corrected chi connectivity index (χ2v) is 4.93. The first-order valence-corrected chi connectivity index (χ1v) is 5.93. The van der Waals surface area contributed by atoms with Crippen molar-refractivity contribution in [1.29, 1.82) is 0 Å². The average molecular weight is 215 g/mol. The summed E-state index contributed by atoms with van der Waals surface area (Å²) in [5.41, 5.74) is 4.03. The fourth-order valence-electron chi connectivity index (χ4n) is 2.67. The van der Waals surface area contributed by atoms with Gasteiger partial charge in [-0.15, -0.1) is 0 Å². The summed E-state index contributed by atoms with van der Waals surface area (Å²) in [5, 5.41) is 2.09. The lowest BCUT2D eigenvalue weighted by Gasteiger charge is -2.29. The molecule has 0 spiro atoms. The molecule has 1 aromatic carbocycles. The topological polar surface area (TPSA) is 12.5 Å². The number of para-hydroxylation sites is 1. The molecule has 0 amide bonds. The maximum absolute atomic E-state index is 5.93. The molecule has 0 radical (unpaired) electrons. The van der Waals surface area contributed by atoms with Gasteiger partial charge in [0.25, 0.3) is 0 Å². The fraction of sp³-hybridized carbons (Fsp3) is 0.429. The molecule has 3 rings (SSSR count). The number of hydroxylamine groups is 1. The van der Waals surface area contributed by atoms with E-state index in [0.717, 1.165) is 12.8 Å². The Hall–Kier alpha value is -1.28. The highest BCUT2D eigenvalue weighted by molar-refractivity contribution is 5.56. The molecular formula is C14H17NO. The summed E-state index contributed by atoms with van der Waals surface area (Å²) in [6.45, 7) is 4.30. The van der Waals surface area contributed by atoms with E-state index < -0.39 is 0 Å². The third-order valence-corrected chi connectivity index (χ3v) is 3.27. The second-order valence-electron chi connectivity index (χ2n) is 4.93. The molecule has 16 heavy (non-hydrogen) atoms. The highest BCUT2D eigenvalue weighted by Crippen LogP contribution is 2.38. The van der Waals surface area contributed by atoms with E-state index in [1.807, 2.05) is 0 Å². The Bertz CT molecular complexity index is 434. The molecule has 2 aliphatic heterocycles. The van der Waals surface area contributed by atoms with Crippen LogP contribution in [-0.4, -0.2) is 12.1 Å². The molecule has 1 fully saturated rings. The van der Waals surface area contributed by atoms with Crippen molar-refractivity contribution in [3.8, 4) is 0 Å². The lowest BCUT2D eigenvalue weighted by Crippen LogP contribution is -2.30. The van der Waals surface area contributed by atoms with Crippen LogP contribution in [-0.2, 0) is 11.3 Å². The van der Waals surface area contributed by atoms with Crippen LogP contribution < -0.4 is 5.06 Å². The lowest BCUT2D eigenvalue weighted by molar-refractivity contribution is 0.0752. The van der Waals surface area contributed by atoms with Gasteiger partial charge in [-0.1, -0.05) is 29.8 Å². The van der Waals surface area contributed by atoms with Crippen molar-refractivity contribution in [2.24, 2.45) is 0 Å². The highest BCUT2D eigenvalue weighted by Gasteiger charge is 2.37. The van der Waals surface area contributed by atoms with Crippen LogP contribution in [0.4, 0.5) is 5.69 Å². The second kappa shape index (κ2) is 3.63. The first-order valence-electron chi connectivity index (χ1n) is 5.93. The summed E-state index contributed by atoms with van der Waals surface area (Å²) in [6, 6.07) is 8.98. The van der Waals surface area contributed by atoms with E-state index in [9.17, 15) is 0 Å². The normalized spacial score (nSPS) is 26.5. The average Bonchev–Trinajstić information content (AvgIpc) is 2.56. The Morgan fingerprint density at radius 3 is 3.00 bits per heavy atom. The van der Waals surface area contributed by atoms with Crippen LogP contribution >= 0.6 is 0 Å². The SMILES string of the molecule is CC(C)=C[C@@H]1C[C@@H]2Cc3ccccc3N1O2. The van der Waals surface area contributed by atoms with Crippen LogP contribution in [0.5, 0.6) is 0 Å². The van der Waals surface area contributed by atoms with Crippen LogP contribution in [0.25, 0.3) is 0 Å². The van der Waals surface area contributed by atoms with Gasteiger partial charge < -0.3 is 0 Å². The van der Waals surface area contributed by atoms with Crippen LogP contribution in [0.2, 0.25) is 0 Å². The maximum Gasteiger partial charge on any atom is 0.0921 e. The van der Waals surface area contributed by atoms with Crippen molar-refractivity contribution in [2.75, 3.05) is 5.06 Å². The number of nitrogens with zero attached hydrogens (tertiary/aromatic N) is 1. The molecule has 2 atom stereocenters. The first kappa shape index (κ1) is 9.91. The molecule has 2 bridgehead atoms. The summed E-state index contributed by atoms with van der Waals surface area (Å²) in [6.07, 6.45) is 4.84. The fourth-order valence-corrected chi connectivity index (χ4v) is 2.67. The molecule has 0 unspecified atom stereocenters. The number of fused-ring (bicyclic) bond motifs is 4. The van der Waals surface area contributed by atoms with Gasteiger partial charge in [0.15, 0.2) is 0 Å². The Balaban J connectivity index is 1.99. The van der Waals surface area contributed by atoms with Gasteiger partial charge in [0.05, 0.1) is 17.8 Å². The molecule has 0 N–H and O–H groups in total. The van der Waals surface area contributed by atoms with Gasteiger partial charge in [0.2, 0.25) is 0 Å². The molecule has 84 valence electrons. The molecule has 0 aromatic heterocycles. The van der Waals surface area contributed by atoms with E-state index in [0.29, 0.717) is 12.1 Å². The number of allylic oxidation sites excluding steroid dienone is 1. The van der Waals surface area contributed by atoms with E-state index in [-0.39, 0.29) is 0 Å². The molecular weight excluding hydrogens is 198 g/mol. The van der Waals surface area contributed by atoms with Gasteiger partial charge in [-0.25, -0.2) is 5.06 Å². The number of hydrogen-bond acceptors (Lipinski definition) is 2. The van der Waals surface area contributed by atoms with Crippen molar-refractivity contribution in [1.82, 2.24) is 0 Å². The van der Waals surface area contributed by atoms with Gasteiger partial charge in [-0.2, -0.15) is 0 Å². The molecule has 1 saturated heterocycles. The Kier molecular flexibility index (Phi) is 2.25. The van der Waals surface area contributed by atoms with Crippen LogP contribution in [0, 0.1) is 0 Å². The van der Waals surface area contributed by atoms with Gasteiger partial charge in [0, 0.05) is 12.8 Å². The largest absolute Gasteiger partial charge is 0.269 e. The van der Waals surface area contributed by atoms with Crippen LogP contribution in [0.1, 0.15) is 25.8 Å². The smallest absolute Gasteiger partial charge is 0.0921 e. The highest BCUT2D eigenvalue weighted by atomic mass is 16.7. The quantitative estimate of drug-likeness (QED) is 0.667. The van der Waals surface area contributed by atoms with Crippen LogP contribution in [0.3, 0.4) is 0 Å². The predicted octanol–water partition coefficient (Wildman–Crippen LogP) is 3.09. The summed E-state index contributed by atoms with van der Waals surface area (Å²) in [7, 11) is 0. The van der Waals surface area contributed by atoms with Crippen molar-refractivity contribution in [3.05, 3.63) is 41.5 Å². The van der Waals surface area contributed by atoms with E-state index in [4.69, 9.17) is 4.84 Å². The number of hydrogen-bond donors (Lipinski definition) is 0. The van der Waals surface area contributed by atoms with Gasteiger partial charge in [0.1, 0.15) is 0 Å². The minimum Gasteiger partial charge on any atom is -0.269 e. The first-order chi connectivity index (χ1) is 7.74. The Morgan fingerprint density at radius 2 is 2.19 bits per heavy atom. The number of benzene rings is 1. The molecule has 2 heterocycles. The van der Waals surface area contributed by atoms with Crippen LogP contribution in [0.15, 0.2) is 35.9 Å². The molecule has 2 nitrogen and oxygen atoms in total. The standard InChI is InChI=1S/C14H17NO/c1-10(2)7-12-9-13-8-11-5-3-4-6-14(11)15(12)16-13/h3-7,12-13H,8-9H2,1-2H3/t12-,13+/m1/s1. The lowest BCUT2D eigenvalue weighted by atomic mass is 10.0. The van der Waals surface area contributed by atoms with E-state index in [2.05, 4.69) is 49.3 Å². The molecule has 1 aromatic rings. The summed E-state index contributed by atoms with van der Waals surface area (Å²) in [4.78, 5) is 5.93. The summed E-state index contributed by atoms with van der Waals surface area (Å²) in [5.74, 6) is 0. The Labute approximate surface area is 96.5 Å². The number of anilines is 1. The third kappa shape index (κ3) is 1.54. The van der Waals surface area contributed by atoms with Gasteiger partial charge in [-0.3, -0.25) is 4.84 Å². The predicted molar refractivity (Wildman–Crippen MR) is 65.3 cm³/mol. The zero-order valence-corrected chi connectivity index (χ0v) is 9.81. The zero-order chi connectivity index (χ0) is 11.1. The minimum absolute atomic E-state index is 0.371. The maximum atomic E-state index is 5.93. The summed E-state index contributed by atoms with van der Waals surface area (Å²) < 4.78 is 0. The monoisotopic (exact) mass is 215 g/mol. The van der Waals surface area contributed by atoms with E-state index in [1.54, 1.807) is 0 Å². The zero-order valence-electron chi connectivity index (χ0n) is 9.81. The number of rotatable bonds is 1. The Morgan fingerprint density at radius 1 is 1.38 bits per heavy atom. The van der Waals surface area contributed by atoms with E-state index in [1.165, 1.54) is 16.8 Å². The molecule has 0 aliphatic carbocycles. The van der Waals surface area contributed by atoms with Crippen molar-refractivity contribution >= 4 is 5.69 Å². The van der Waals surface area contributed by atoms with Crippen molar-refractivity contribution < 1.29 is 4.84 Å². The minimum atomic E-state index is 0.371. The van der Waals surface area contributed by atoms with Crippen molar-refractivity contribution in [3.63, 3.8) is 0 Å². The third-order valence-electron chi connectivity index (χ3n) is 3.27. The molecule has 2 aliphatic rings. The van der Waals surface area contributed by atoms with E-state index >= 15 is 0 Å². The molecule has 2 heteroatoms.